The van der Waals surface area contributed by atoms with Gasteiger partial charge in [0.2, 0.25) is 0 Å². The first kappa shape index (κ1) is 14.5. The first-order valence-electron chi connectivity index (χ1n) is 7.68. The summed E-state index contributed by atoms with van der Waals surface area (Å²) in [6.07, 6.45) is 1.78. The molecule has 22 heavy (non-hydrogen) atoms. The largest absolute Gasteiger partial charge is 0.370 e. The van der Waals surface area contributed by atoms with Gasteiger partial charge < -0.3 is 5.32 Å². The van der Waals surface area contributed by atoms with Crippen LogP contribution in [-0.4, -0.2) is 26.1 Å². The number of hydrogen-bond acceptors (Lipinski definition) is 4. The number of hydrogen-bond donors (Lipinski definition) is 1. The maximum Gasteiger partial charge on any atom is 0.254 e. The van der Waals surface area contributed by atoms with Crippen LogP contribution in [0.5, 0.6) is 0 Å². The number of nitrogens with zero attached hydrogens (tertiary/aromatic N) is 4. The average Bonchev–Trinajstić information content (AvgIpc) is 2.90. The Morgan fingerprint density at radius 2 is 2.00 bits per heavy atom. The van der Waals surface area contributed by atoms with Crippen molar-refractivity contribution in [2.75, 3.05) is 11.9 Å². The minimum atomic E-state index is 0.662. The monoisotopic (exact) mass is 295 g/mol. The van der Waals surface area contributed by atoms with Crippen LogP contribution in [0.3, 0.4) is 0 Å². The van der Waals surface area contributed by atoms with Crippen LogP contribution >= 0.6 is 0 Å². The smallest absolute Gasteiger partial charge is 0.254 e. The van der Waals surface area contributed by atoms with Crippen LogP contribution in [0.25, 0.3) is 5.78 Å². The molecule has 0 aliphatic heterocycles. The van der Waals surface area contributed by atoms with Crippen molar-refractivity contribution >= 4 is 11.6 Å². The Hall–Kier alpha value is -2.43. The molecule has 5 heteroatoms. The third-order valence-corrected chi connectivity index (χ3v) is 3.60. The fourth-order valence-corrected chi connectivity index (χ4v) is 2.51. The molecule has 2 heterocycles. The maximum atomic E-state index is 4.49. The first-order chi connectivity index (χ1) is 10.7. The van der Waals surface area contributed by atoms with Crippen LogP contribution in [-0.2, 0) is 12.8 Å². The lowest BCUT2D eigenvalue weighted by atomic mass is 10.1. The molecule has 3 aromatic rings. The van der Waals surface area contributed by atoms with E-state index in [1.165, 1.54) is 11.1 Å². The molecule has 0 unspecified atom stereocenters. The van der Waals surface area contributed by atoms with Crippen molar-refractivity contribution in [2.24, 2.45) is 0 Å². The highest BCUT2D eigenvalue weighted by molar-refractivity contribution is 5.45. The summed E-state index contributed by atoms with van der Waals surface area (Å²) in [5, 5.41) is 7.95. The Morgan fingerprint density at radius 1 is 1.14 bits per heavy atom. The third-order valence-electron chi connectivity index (χ3n) is 3.60. The van der Waals surface area contributed by atoms with Crippen LogP contribution < -0.4 is 5.32 Å². The fourth-order valence-electron chi connectivity index (χ4n) is 2.51. The van der Waals surface area contributed by atoms with Crippen LogP contribution in [0.15, 0.2) is 30.3 Å². The van der Waals surface area contributed by atoms with E-state index < -0.39 is 0 Å². The summed E-state index contributed by atoms with van der Waals surface area (Å²) in [6, 6.07) is 10.6. The summed E-state index contributed by atoms with van der Waals surface area (Å²) in [4.78, 5) is 8.86. The first-order valence-corrected chi connectivity index (χ1v) is 7.68. The summed E-state index contributed by atoms with van der Waals surface area (Å²) < 4.78 is 1.79. The molecule has 1 N–H and O–H groups in total. The molecule has 0 atom stereocenters. The molecule has 0 bridgehead atoms. The van der Waals surface area contributed by atoms with E-state index in [-0.39, 0.29) is 0 Å². The molecule has 0 fully saturated rings. The van der Waals surface area contributed by atoms with E-state index in [2.05, 4.69) is 51.6 Å². The second-order valence-electron chi connectivity index (χ2n) is 5.54. The predicted molar refractivity (Wildman–Crippen MR) is 88.3 cm³/mol. The standard InChI is InChI=1S/C17H21N5/c1-4-15-20-17-19-13(3)11-16(22(17)21-15)18-9-8-14-7-5-6-12(2)10-14/h5-7,10-11,18H,4,8-9H2,1-3H3. The molecule has 1 aromatic carbocycles. The topological polar surface area (TPSA) is 55.1 Å². The molecule has 0 spiro atoms. The van der Waals surface area contributed by atoms with Gasteiger partial charge in [0.25, 0.3) is 5.78 Å². The van der Waals surface area contributed by atoms with Gasteiger partial charge in [0.1, 0.15) is 5.82 Å². The van der Waals surface area contributed by atoms with Crippen molar-refractivity contribution < 1.29 is 0 Å². The molecule has 0 aliphatic rings. The lowest BCUT2D eigenvalue weighted by Crippen LogP contribution is -2.10. The van der Waals surface area contributed by atoms with Gasteiger partial charge in [0.15, 0.2) is 5.82 Å². The number of nitrogens with one attached hydrogen (secondary N) is 1. The fraction of sp³-hybridized carbons (Fsp3) is 0.353. The Morgan fingerprint density at radius 3 is 2.77 bits per heavy atom. The van der Waals surface area contributed by atoms with E-state index in [9.17, 15) is 0 Å². The van der Waals surface area contributed by atoms with Gasteiger partial charge in [-0.1, -0.05) is 36.8 Å². The molecule has 0 aliphatic carbocycles. The van der Waals surface area contributed by atoms with Gasteiger partial charge in [-0.3, -0.25) is 0 Å². The third kappa shape index (κ3) is 3.08. The van der Waals surface area contributed by atoms with Crippen molar-refractivity contribution in [1.82, 2.24) is 19.6 Å². The molecule has 2 aromatic heterocycles. The van der Waals surface area contributed by atoms with Gasteiger partial charge in [-0.25, -0.2) is 4.98 Å². The number of aryl methyl sites for hydroxylation is 3. The number of rotatable bonds is 5. The quantitative estimate of drug-likeness (QED) is 0.786. The molecule has 0 amide bonds. The van der Waals surface area contributed by atoms with Crippen molar-refractivity contribution in [3.8, 4) is 0 Å². The zero-order valence-corrected chi connectivity index (χ0v) is 13.3. The van der Waals surface area contributed by atoms with Crippen molar-refractivity contribution in [1.29, 1.82) is 0 Å². The summed E-state index contributed by atoms with van der Waals surface area (Å²) in [5.41, 5.74) is 3.58. The van der Waals surface area contributed by atoms with E-state index >= 15 is 0 Å². The van der Waals surface area contributed by atoms with E-state index in [4.69, 9.17) is 0 Å². The number of aromatic nitrogens is 4. The van der Waals surface area contributed by atoms with E-state index in [1.54, 1.807) is 4.52 Å². The number of anilines is 1. The number of fused-ring (bicyclic) bond motifs is 1. The molecular formula is C17H21N5. The van der Waals surface area contributed by atoms with Crippen LogP contribution in [0.2, 0.25) is 0 Å². The van der Waals surface area contributed by atoms with E-state index in [0.29, 0.717) is 5.78 Å². The molecule has 3 rings (SSSR count). The number of benzene rings is 1. The van der Waals surface area contributed by atoms with Gasteiger partial charge in [0, 0.05) is 24.7 Å². The zero-order valence-electron chi connectivity index (χ0n) is 13.3. The van der Waals surface area contributed by atoms with Crippen LogP contribution in [0.4, 0.5) is 5.82 Å². The van der Waals surface area contributed by atoms with E-state index in [0.717, 1.165) is 36.7 Å². The van der Waals surface area contributed by atoms with Gasteiger partial charge >= 0.3 is 0 Å². The highest BCUT2D eigenvalue weighted by atomic mass is 15.4. The lowest BCUT2D eigenvalue weighted by molar-refractivity contribution is 0.867. The maximum absolute atomic E-state index is 4.49. The molecule has 5 nitrogen and oxygen atoms in total. The van der Waals surface area contributed by atoms with Gasteiger partial charge in [-0.05, 0) is 25.8 Å². The highest BCUT2D eigenvalue weighted by Gasteiger charge is 2.08. The molecule has 0 saturated carbocycles. The van der Waals surface area contributed by atoms with Crippen molar-refractivity contribution in [3.05, 3.63) is 53.0 Å². The summed E-state index contributed by atoms with van der Waals surface area (Å²) in [7, 11) is 0. The van der Waals surface area contributed by atoms with Crippen molar-refractivity contribution in [3.63, 3.8) is 0 Å². The minimum absolute atomic E-state index is 0.662. The van der Waals surface area contributed by atoms with Gasteiger partial charge in [-0.2, -0.15) is 9.50 Å². The molecule has 0 radical (unpaired) electrons. The van der Waals surface area contributed by atoms with Crippen LogP contribution in [0.1, 0.15) is 29.6 Å². The Balaban J connectivity index is 1.77. The zero-order chi connectivity index (χ0) is 15.5. The van der Waals surface area contributed by atoms with Crippen molar-refractivity contribution in [2.45, 2.75) is 33.6 Å². The molecule has 114 valence electrons. The SMILES string of the molecule is CCc1nc2nc(C)cc(NCCc3cccc(C)c3)n2n1. The summed E-state index contributed by atoms with van der Waals surface area (Å²) >= 11 is 0. The van der Waals surface area contributed by atoms with Crippen LogP contribution in [0, 0.1) is 13.8 Å². The molecule has 0 saturated heterocycles. The van der Waals surface area contributed by atoms with E-state index in [1.807, 2.05) is 19.9 Å². The van der Waals surface area contributed by atoms with Gasteiger partial charge in [0.05, 0.1) is 0 Å². The highest BCUT2D eigenvalue weighted by Crippen LogP contribution is 2.12. The summed E-state index contributed by atoms with van der Waals surface area (Å²) in [6.45, 7) is 7.00. The van der Waals surface area contributed by atoms with Gasteiger partial charge in [-0.15, -0.1) is 5.10 Å². The predicted octanol–water partition coefficient (Wildman–Crippen LogP) is 2.96. The second kappa shape index (κ2) is 6.13. The second-order valence-corrected chi connectivity index (χ2v) is 5.54. The summed E-state index contributed by atoms with van der Waals surface area (Å²) in [5.74, 6) is 2.43. The average molecular weight is 295 g/mol. The Labute approximate surface area is 130 Å². The Kier molecular flexibility index (Phi) is 4.04. The normalized spacial score (nSPS) is 11.0. The molecular weight excluding hydrogens is 274 g/mol. The Bertz CT molecular complexity index is 791. The lowest BCUT2D eigenvalue weighted by Gasteiger charge is -2.09. The minimum Gasteiger partial charge on any atom is -0.370 e.